The molecule has 0 saturated carbocycles. The van der Waals surface area contributed by atoms with Crippen LogP contribution in [0, 0.1) is 5.82 Å². The van der Waals surface area contributed by atoms with Gasteiger partial charge in [-0.05, 0) is 35.7 Å². The summed E-state index contributed by atoms with van der Waals surface area (Å²) >= 11 is 0. The van der Waals surface area contributed by atoms with E-state index in [4.69, 9.17) is 0 Å². The van der Waals surface area contributed by atoms with E-state index < -0.39 is 6.04 Å². The first-order valence-electron chi connectivity index (χ1n) is 10.1. The van der Waals surface area contributed by atoms with E-state index in [2.05, 4.69) is 5.32 Å². The first-order chi connectivity index (χ1) is 14.4. The molecule has 1 saturated heterocycles. The van der Waals surface area contributed by atoms with Gasteiger partial charge in [0.25, 0.3) is 0 Å². The van der Waals surface area contributed by atoms with Crippen molar-refractivity contribution in [3.05, 3.63) is 59.9 Å². The SMILES string of the molecule is CCN1CCN(C(=O)CNC(C)=O)C(Cc2ccccc2-c2ccc(F)cc2)C1=O. The van der Waals surface area contributed by atoms with Crippen LogP contribution in [-0.4, -0.2) is 59.7 Å². The molecule has 1 N–H and O–H groups in total. The van der Waals surface area contributed by atoms with Crippen LogP contribution in [0.5, 0.6) is 0 Å². The van der Waals surface area contributed by atoms with E-state index in [9.17, 15) is 18.8 Å². The van der Waals surface area contributed by atoms with Gasteiger partial charge in [0.05, 0.1) is 6.54 Å². The summed E-state index contributed by atoms with van der Waals surface area (Å²) in [5.74, 6) is -0.987. The van der Waals surface area contributed by atoms with Gasteiger partial charge in [0.1, 0.15) is 11.9 Å². The van der Waals surface area contributed by atoms with Gasteiger partial charge < -0.3 is 15.1 Å². The maximum absolute atomic E-state index is 13.4. The fourth-order valence-electron chi connectivity index (χ4n) is 3.77. The van der Waals surface area contributed by atoms with Gasteiger partial charge in [-0.15, -0.1) is 0 Å². The molecule has 0 bridgehead atoms. The van der Waals surface area contributed by atoms with Crippen molar-refractivity contribution in [1.29, 1.82) is 0 Å². The van der Waals surface area contributed by atoms with Gasteiger partial charge in [0.2, 0.25) is 17.7 Å². The van der Waals surface area contributed by atoms with E-state index in [0.717, 1.165) is 16.7 Å². The van der Waals surface area contributed by atoms with Gasteiger partial charge in [0.15, 0.2) is 0 Å². The number of halogens is 1. The molecule has 158 valence electrons. The predicted octanol–water partition coefficient (Wildman–Crippen LogP) is 2.23. The molecule has 30 heavy (non-hydrogen) atoms. The summed E-state index contributed by atoms with van der Waals surface area (Å²) in [5.41, 5.74) is 2.64. The average Bonchev–Trinajstić information content (AvgIpc) is 2.74. The molecule has 2 aromatic rings. The fraction of sp³-hybridized carbons (Fsp3) is 0.348. The second-order valence-electron chi connectivity index (χ2n) is 7.30. The van der Waals surface area contributed by atoms with Crippen molar-refractivity contribution in [2.24, 2.45) is 0 Å². The van der Waals surface area contributed by atoms with Gasteiger partial charge in [-0.3, -0.25) is 14.4 Å². The largest absolute Gasteiger partial charge is 0.347 e. The predicted molar refractivity (Wildman–Crippen MR) is 112 cm³/mol. The summed E-state index contributed by atoms with van der Waals surface area (Å²) < 4.78 is 13.4. The van der Waals surface area contributed by atoms with Crippen LogP contribution in [0.4, 0.5) is 4.39 Å². The zero-order valence-electron chi connectivity index (χ0n) is 17.2. The molecule has 1 fully saturated rings. The molecule has 7 heteroatoms. The van der Waals surface area contributed by atoms with Crippen molar-refractivity contribution in [3.63, 3.8) is 0 Å². The van der Waals surface area contributed by atoms with Crippen LogP contribution in [0.25, 0.3) is 11.1 Å². The van der Waals surface area contributed by atoms with Crippen molar-refractivity contribution in [2.45, 2.75) is 26.3 Å². The number of piperazine rings is 1. The number of nitrogens with zero attached hydrogens (tertiary/aromatic N) is 2. The summed E-state index contributed by atoms with van der Waals surface area (Å²) in [5, 5.41) is 2.52. The molecule has 3 rings (SSSR count). The van der Waals surface area contributed by atoms with Gasteiger partial charge in [0, 0.05) is 33.0 Å². The summed E-state index contributed by atoms with van der Waals surface area (Å²) in [6, 6.07) is 13.2. The first kappa shape index (κ1) is 21.5. The average molecular weight is 411 g/mol. The van der Waals surface area contributed by atoms with Crippen LogP contribution >= 0.6 is 0 Å². The van der Waals surface area contributed by atoms with Crippen LogP contribution in [-0.2, 0) is 20.8 Å². The van der Waals surface area contributed by atoms with E-state index in [0.29, 0.717) is 26.1 Å². The molecule has 0 radical (unpaired) electrons. The van der Waals surface area contributed by atoms with Crippen LogP contribution < -0.4 is 5.32 Å². The standard InChI is InChI=1S/C23H26FN3O3/c1-3-26-12-13-27(22(29)15-25-16(2)28)21(23(26)30)14-18-6-4-5-7-20(18)17-8-10-19(24)11-9-17/h4-11,21H,3,12-15H2,1-2H3,(H,25,28). The summed E-state index contributed by atoms with van der Waals surface area (Å²) in [4.78, 5) is 40.3. The highest BCUT2D eigenvalue weighted by Crippen LogP contribution is 2.27. The van der Waals surface area contributed by atoms with Crippen LogP contribution in [0.15, 0.2) is 48.5 Å². The van der Waals surface area contributed by atoms with Crippen LogP contribution in [0.3, 0.4) is 0 Å². The molecule has 1 atom stereocenters. The number of rotatable bonds is 6. The van der Waals surface area contributed by atoms with Gasteiger partial charge in [-0.25, -0.2) is 4.39 Å². The van der Waals surface area contributed by atoms with Crippen molar-refractivity contribution in [2.75, 3.05) is 26.2 Å². The van der Waals surface area contributed by atoms with Gasteiger partial charge in [-0.1, -0.05) is 36.4 Å². The van der Waals surface area contributed by atoms with E-state index in [1.54, 1.807) is 21.9 Å². The lowest BCUT2D eigenvalue weighted by atomic mass is 9.93. The number of hydrogen-bond donors (Lipinski definition) is 1. The van der Waals surface area contributed by atoms with Crippen molar-refractivity contribution >= 4 is 17.7 Å². The topological polar surface area (TPSA) is 69.7 Å². The summed E-state index contributed by atoms with van der Waals surface area (Å²) in [6.07, 6.45) is 0.342. The zero-order chi connectivity index (χ0) is 21.7. The number of likely N-dealkylation sites (N-methyl/N-ethyl adjacent to an activating group) is 1. The lowest BCUT2D eigenvalue weighted by Crippen LogP contribution is -2.60. The number of amides is 3. The Bertz CT molecular complexity index is 930. The minimum Gasteiger partial charge on any atom is -0.347 e. The monoisotopic (exact) mass is 411 g/mol. The Kier molecular flexibility index (Phi) is 6.82. The zero-order valence-corrected chi connectivity index (χ0v) is 17.2. The number of carbonyl (C=O) groups is 3. The van der Waals surface area contributed by atoms with Gasteiger partial charge >= 0.3 is 0 Å². The normalized spacial score (nSPS) is 16.5. The molecule has 0 aromatic heterocycles. The second-order valence-corrected chi connectivity index (χ2v) is 7.30. The molecule has 6 nitrogen and oxygen atoms in total. The highest BCUT2D eigenvalue weighted by atomic mass is 19.1. The minimum absolute atomic E-state index is 0.103. The quantitative estimate of drug-likeness (QED) is 0.793. The lowest BCUT2D eigenvalue weighted by Gasteiger charge is -2.40. The molecule has 2 aromatic carbocycles. The van der Waals surface area contributed by atoms with E-state index >= 15 is 0 Å². The Balaban J connectivity index is 1.90. The van der Waals surface area contributed by atoms with E-state index in [1.165, 1.54) is 19.1 Å². The Hall–Kier alpha value is -3.22. The number of benzene rings is 2. The van der Waals surface area contributed by atoms with Gasteiger partial charge in [-0.2, -0.15) is 0 Å². The Labute approximate surface area is 175 Å². The Morgan fingerprint density at radius 1 is 1.10 bits per heavy atom. The number of carbonyl (C=O) groups excluding carboxylic acids is 3. The molecule has 1 unspecified atom stereocenters. The van der Waals surface area contributed by atoms with Crippen LogP contribution in [0.1, 0.15) is 19.4 Å². The molecular formula is C23H26FN3O3. The highest BCUT2D eigenvalue weighted by molar-refractivity contribution is 5.91. The molecule has 1 heterocycles. The van der Waals surface area contributed by atoms with Crippen molar-refractivity contribution in [3.8, 4) is 11.1 Å². The summed E-state index contributed by atoms with van der Waals surface area (Å²) in [6.45, 7) is 4.59. The Morgan fingerprint density at radius 2 is 1.80 bits per heavy atom. The van der Waals surface area contributed by atoms with E-state index in [-0.39, 0.29) is 30.1 Å². The highest BCUT2D eigenvalue weighted by Gasteiger charge is 2.37. The third-order valence-electron chi connectivity index (χ3n) is 5.36. The molecular weight excluding hydrogens is 385 g/mol. The second kappa shape index (κ2) is 9.52. The van der Waals surface area contributed by atoms with E-state index in [1.807, 2.05) is 31.2 Å². The molecule has 1 aliphatic heterocycles. The third-order valence-corrected chi connectivity index (χ3v) is 5.36. The number of hydrogen-bond acceptors (Lipinski definition) is 3. The van der Waals surface area contributed by atoms with Crippen molar-refractivity contribution < 1.29 is 18.8 Å². The number of nitrogens with one attached hydrogen (secondary N) is 1. The molecule has 1 aliphatic rings. The maximum Gasteiger partial charge on any atom is 0.245 e. The minimum atomic E-state index is -0.651. The first-order valence-corrected chi connectivity index (χ1v) is 10.1. The smallest absolute Gasteiger partial charge is 0.245 e. The van der Waals surface area contributed by atoms with Crippen molar-refractivity contribution in [1.82, 2.24) is 15.1 Å². The lowest BCUT2D eigenvalue weighted by molar-refractivity contribution is -0.151. The molecule has 0 aliphatic carbocycles. The fourth-order valence-corrected chi connectivity index (χ4v) is 3.77. The molecule has 0 spiro atoms. The molecule has 3 amide bonds. The third kappa shape index (κ3) is 4.84. The summed E-state index contributed by atoms with van der Waals surface area (Å²) in [7, 11) is 0. The maximum atomic E-state index is 13.4. The van der Waals surface area contributed by atoms with Crippen LogP contribution in [0.2, 0.25) is 0 Å². The Morgan fingerprint density at radius 3 is 2.47 bits per heavy atom.